The maximum Gasteiger partial charge on any atom is 0.328 e. The number of anilines is 2. The first kappa shape index (κ1) is 13.5. The zero-order valence-corrected chi connectivity index (χ0v) is 10.7. The van der Waals surface area contributed by atoms with Crippen molar-refractivity contribution < 1.29 is 9.53 Å². The van der Waals surface area contributed by atoms with Crippen molar-refractivity contribution in [1.82, 2.24) is 9.97 Å². The highest BCUT2D eigenvalue weighted by Crippen LogP contribution is 2.23. The molecule has 1 aromatic heterocycles. The van der Waals surface area contributed by atoms with Crippen LogP contribution >= 0.6 is 11.6 Å². The first-order valence-electron chi connectivity index (χ1n) is 5.07. The van der Waals surface area contributed by atoms with Gasteiger partial charge >= 0.3 is 5.97 Å². The molecule has 0 fully saturated rings. The summed E-state index contributed by atoms with van der Waals surface area (Å²) in [5, 5.41) is 3.05. The topological polar surface area (TPSA) is 90.1 Å². The summed E-state index contributed by atoms with van der Waals surface area (Å²) in [6.45, 7) is 3.77. The number of ether oxygens (including phenoxy) is 1. The second-order valence-electron chi connectivity index (χ2n) is 3.82. The van der Waals surface area contributed by atoms with Gasteiger partial charge in [-0.25, -0.2) is 14.8 Å². The molecule has 1 unspecified atom stereocenters. The van der Waals surface area contributed by atoms with E-state index in [0.717, 1.165) is 0 Å². The molecular weight excluding hydrogens is 244 g/mol. The molecule has 0 aliphatic rings. The Hall–Kier alpha value is -1.56. The Bertz CT molecular complexity index is 411. The third kappa shape index (κ3) is 3.20. The summed E-state index contributed by atoms with van der Waals surface area (Å²) >= 11 is 5.76. The molecule has 0 saturated heterocycles. The summed E-state index contributed by atoms with van der Waals surface area (Å²) in [6, 6.07) is -0.534. The Morgan fingerprint density at radius 3 is 2.71 bits per heavy atom. The Morgan fingerprint density at radius 2 is 2.18 bits per heavy atom. The molecule has 7 heteroatoms. The molecule has 6 nitrogen and oxygen atoms in total. The Balaban J connectivity index is 2.94. The van der Waals surface area contributed by atoms with Crippen molar-refractivity contribution in [3.8, 4) is 0 Å². The number of methoxy groups -OCH3 is 1. The average Bonchev–Trinajstić information content (AvgIpc) is 2.29. The van der Waals surface area contributed by atoms with Gasteiger partial charge in [0.2, 0.25) is 0 Å². The van der Waals surface area contributed by atoms with Gasteiger partial charge in [-0.3, -0.25) is 0 Å². The van der Waals surface area contributed by atoms with Crippen LogP contribution in [0.25, 0.3) is 0 Å². The normalized spacial score (nSPS) is 12.3. The number of nitrogen functional groups attached to an aromatic ring is 1. The number of hydrogen-bond acceptors (Lipinski definition) is 6. The molecule has 0 aromatic carbocycles. The van der Waals surface area contributed by atoms with Crippen LogP contribution in [0, 0.1) is 5.92 Å². The van der Waals surface area contributed by atoms with Crippen molar-refractivity contribution in [3.05, 3.63) is 11.5 Å². The number of carbonyl (C=O) groups excluding carboxylic acids is 1. The summed E-state index contributed by atoms with van der Waals surface area (Å²) in [5.41, 5.74) is 5.91. The van der Waals surface area contributed by atoms with Crippen LogP contribution in [-0.4, -0.2) is 29.1 Å². The second-order valence-corrected chi connectivity index (χ2v) is 4.17. The minimum Gasteiger partial charge on any atom is -0.467 e. The molecule has 0 spiro atoms. The van der Waals surface area contributed by atoms with E-state index in [9.17, 15) is 4.79 Å². The fourth-order valence-electron chi connectivity index (χ4n) is 1.26. The van der Waals surface area contributed by atoms with E-state index in [1.807, 2.05) is 13.8 Å². The van der Waals surface area contributed by atoms with Gasteiger partial charge in [-0.2, -0.15) is 0 Å². The van der Waals surface area contributed by atoms with Crippen LogP contribution in [0.5, 0.6) is 0 Å². The Morgan fingerprint density at radius 1 is 1.53 bits per heavy atom. The smallest absolute Gasteiger partial charge is 0.328 e. The van der Waals surface area contributed by atoms with Crippen molar-refractivity contribution in [2.45, 2.75) is 19.9 Å². The monoisotopic (exact) mass is 258 g/mol. The van der Waals surface area contributed by atoms with Crippen LogP contribution in [0.3, 0.4) is 0 Å². The van der Waals surface area contributed by atoms with Gasteiger partial charge in [0.05, 0.1) is 7.11 Å². The maximum atomic E-state index is 11.6. The number of carbonyl (C=O) groups is 1. The standard InChI is InChI=1S/C10H15ClN4O2/c1-5(2)7(10(16)17-3)15-9-6(12)8(11)13-4-14-9/h4-5,7H,12H2,1-3H3,(H,13,14,15). The van der Waals surface area contributed by atoms with Crippen LogP contribution < -0.4 is 11.1 Å². The van der Waals surface area contributed by atoms with Gasteiger partial charge in [0, 0.05) is 0 Å². The summed E-state index contributed by atoms with van der Waals surface area (Å²) in [5.74, 6) is -0.0289. The second kappa shape index (κ2) is 5.67. The largest absolute Gasteiger partial charge is 0.467 e. The SMILES string of the molecule is COC(=O)C(Nc1ncnc(Cl)c1N)C(C)C. The quantitative estimate of drug-likeness (QED) is 0.625. The molecule has 0 saturated carbocycles. The molecule has 3 N–H and O–H groups in total. The highest BCUT2D eigenvalue weighted by atomic mass is 35.5. The third-order valence-corrected chi connectivity index (χ3v) is 2.55. The fraction of sp³-hybridized carbons (Fsp3) is 0.500. The van der Waals surface area contributed by atoms with Gasteiger partial charge in [-0.15, -0.1) is 0 Å². The van der Waals surface area contributed by atoms with Crippen LogP contribution in [-0.2, 0) is 9.53 Å². The minimum atomic E-state index is -0.534. The molecule has 1 aromatic rings. The minimum absolute atomic E-state index is 0.0237. The van der Waals surface area contributed by atoms with Gasteiger partial charge in [-0.05, 0) is 5.92 Å². The molecule has 1 atom stereocenters. The predicted octanol–water partition coefficient (Wildman–Crippen LogP) is 1.32. The predicted molar refractivity (Wildman–Crippen MR) is 65.7 cm³/mol. The van der Waals surface area contributed by atoms with Crippen molar-refractivity contribution >= 4 is 29.1 Å². The van der Waals surface area contributed by atoms with E-state index in [0.29, 0.717) is 5.82 Å². The zero-order chi connectivity index (χ0) is 13.0. The molecule has 0 bridgehead atoms. The number of nitrogens with zero attached hydrogens (tertiary/aromatic N) is 2. The summed E-state index contributed by atoms with van der Waals surface area (Å²) < 4.78 is 4.70. The summed E-state index contributed by atoms with van der Waals surface area (Å²) in [6.07, 6.45) is 1.27. The van der Waals surface area contributed by atoms with Gasteiger partial charge in [-0.1, -0.05) is 25.4 Å². The number of esters is 1. The highest BCUT2D eigenvalue weighted by molar-refractivity contribution is 6.32. The molecular formula is C10H15ClN4O2. The van der Waals surface area contributed by atoms with Crippen LogP contribution in [0.4, 0.5) is 11.5 Å². The van der Waals surface area contributed by atoms with E-state index in [2.05, 4.69) is 15.3 Å². The number of nitrogens with two attached hydrogens (primary N) is 1. The van der Waals surface area contributed by atoms with Crippen molar-refractivity contribution in [1.29, 1.82) is 0 Å². The van der Waals surface area contributed by atoms with E-state index < -0.39 is 6.04 Å². The zero-order valence-electron chi connectivity index (χ0n) is 9.90. The van der Waals surface area contributed by atoms with Crippen LogP contribution in [0.2, 0.25) is 5.15 Å². The Labute approximate surface area is 105 Å². The van der Waals surface area contributed by atoms with Crippen LogP contribution in [0.1, 0.15) is 13.8 Å². The fourth-order valence-corrected chi connectivity index (χ4v) is 1.39. The van der Waals surface area contributed by atoms with Gasteiger partial charge in [0.25, 0.3) is 0 Å². The summed E-state index contributed by atoms with van der Waals surface area (Å²) in [7, 11) is 1.33. The van der Waals surface area contributed by atoms with Crippen molar-refractivity contribution in [2.75, 3.05) is 18.2 Å². The molecule has 0 amide bonds. The van der Waals surface area contributed by atoms with E-state index in [1.54, 1.807) is 0 Å². The molecule has 94 valence electrons. The molecule has 0 radical (unpaired) electrons. The molecule has 1 heterocycles. The highest BCUT2D eigenvalue weighted by Gasteiger charge is 2.24. The van der Waals surface area contributed by atoms with Gasteiger partial charge < -0.3 is 15.8 Å². The first-order chi connectivity index (χ1) is 7.97. The lowest BCUT2D eigenvalue weighted by Gasteiger charge is -2.21. The van der Waals surface area contributed by atoms with Crippen molar-refractivity contribution in [2.24, 2.45) is 5.92 Å². The lowest BCUT2D eigenvalue weighted by molar-refractivity contribution is -0.142. The number of halogens is 1. The van der Waals surface area contributed by atoms with Crippen molar-refractivity contribution in [3.63, 3.8) is 0 Å². The number of rotatable bonds is 4. The third-order valence-electron chi connectivity index (χ3n) is 2.25. The Kier molecular flexibility index (Phi) is 4.51. The number of hydrogen-bond donors (Lipinski definition) is 2. The van der Waals surface area contributed by atoms with E-state index >= 15 is 0 Å². The van der Waals surface area contributed by atoms with E-state index in [1.165, 1.54) is 13.4 Å². The first-order valence-corrected chi connectivity index (χ1v) is 5.45. The summed E-state index contributed by atoms with van der Waals surface area (Å²) in [4.78, 5) is 19.2. The maximum absolute atomic E-state index is 11.6. The van der Waals surface area contributed by atoms with Crippen LogP contribution in [0.15, 0.2) is 6.33 Å². The number of aromatic nitrogens is 2. The van der Waals surface area contributed by atoms with E-state index in [-0.39, 0.29) is 22.7 Å². The average molecular weight is 259 g/mol. The van der Waals surface area contributed by atoms with Gasteiger partial charge in [0.1, 0.15) is 18.1 Å². The lowest BCUT2D eigenvalue weighted by atomic mass is 10.0. The lowest BCUT2D eigenvalue weighted by Crippen LogP contribution is -2.36. The van der Waals surface area contributed by atoms with Gasteiger partial charge in [0.15, 0.2) is 11.0 Å². The molecule has 1 rings (SSSR count). The molecule has 17 heavy (non-hydrogen) atoms. The number of nitrogens with one attached hydrogen (secondary N) is 1. The van der Waals surface area contributed by atoms with E-state index in [4.69, 9.17) is 22.1 Å². The molecule has 0 aliphatic carbocycles. The molecule has 0 aliphatic heterocycles.